The van der Waals surface area contributed by atoms with E-state index >= 15 is 0 Å². The van der Waals surface area contributed by atoms with Crippen LogP contribution < -0.4 is 5.32 Å². The Bertz CT molecular complexity index is 507. The Morgan fingerprint density at radius 3 is 2.82 bits per heavy atom. The van der Waals surface area contributed by atoms with E-state index in [2.05, 4.69) is 5.32 Å². The maximum absolute atomic E-state index is 11.8. The highest BCUT2D eigenvalue weighted by atomic mass is 16.3. The summed E-state index contributed by atoms with van der Waals surface area (Å²) in [5.74, 6) is -0.452. The number of carbonyl (C=O) groups is 2. The van der Waals surface area contributed by atoms with Crippen LogP contribution in [0, 0.1) is 5.92 Å². The van der Waals surface area contributed by atoms with Crippen LogP contribution >= 0.6 is 0 Å². The molecule has 1 aliphatic heterocycles. The molecule has 2 N–H and O–H groups in total. The van der Waals surface area contributed by atoms with Crippen molar-refractivity contribution in [3.8, 4) is 0 Å². The highest BCUT2D eigenvalue weighted by molar-refractivity contribution is 6.07. The molecule has 3 rings (SSSR count). The maximum atomic E-state index is 11.8. The van der Waals surface area contributed by atoms with Gasteiger partial charge in [-0.1, -0.05) is 18.2 Å². The van der Waals surface area contributed by atoms with Crippen LogP contribution in [0.15, 0.2) is 24.3 Å². The quantitative estimate of drug-likeness (QED) is 0.821. The van der Waals surface area contributed by atoms with Crippen molar-refractivity contribution in [1.82, 2.24) is 0 Å². The normalized spacial score (nSPS) is 26.5. The van der Waals surface area contributed by atoms with Gasteiger partial charge in [-0.15, -0.1) is 0 Å². The summed E-state index contributed by atoms with van der Waals surface area (Å²) in [5.41, 5.74) is -0.557. The van der Waals surface area contributed by atoms with Crippen molar-refractivity contribution in [2.24, 2.45) is 5.92 Å². The lowest BCUT2D eigenvalue weighted by molar-refractivity contribution is -0.140. The molecular weight excluding hydrogens is 218 g/mol. The van der Waals surface area contributed by atoms with Crippen molar-refractivity contribution in [1.29, 1.82) is 0 Å². The first-order valence-electron chi connectivity index (χ1n) is 5.77. The number of ketones is 1. The number of benzene rings is 1. The van der Waals surface area contributed by atoms with E-state index in [4.69, 9.17) is 0 Å². The number of Topliss-reactive ketones (excluding diaryl/α,β-unsaturated/α-hetero) is 1. The summed E-state index contributed by atoms with van der Waals surface area (Å²) in [5, 5.41) is 13.0. The minimum absolute atomic E-state index is 0.0145. The smallest absolute Gasteiger partial charge is 0.261 e. The van der Waals surface area contributed by atoms with Crippen molar-refractivity contribution in [2.75, 3.05) is 5.32 Å². The highest BCUT2D eigenvalue weighted by Crippen LogP contribution is 2.41. The number of amides is 1. The molecule has 0 bridgehead atoms. The summed E-state index contributed by atoms with van der Waals surface area (Å²) < 4.78 is 0. The molecule has 0 spiro atoms. The van der Waals surface area contributed by atoms with Crippen molar-refractivity contribution in [3.63, 3.8) is 0 Å². The first kappa shape index (κ1) is 10.5. The van der Waals surface area contributed by atoms with Gasteiger partial charge in [0, 0.05) is 23.6 Å². The van der Waals surface area contributed by atoms with E-state index in [0.29, 0.717) is 11.3 Å². The number of fused-ring (bicyclic) bond motifs is 1. The summed E-state index contributed by atoms with van der Waals surface area (Å²) in [6, 6.07) is 6.96. The third-order valence-electron chi connectivity index (χ3n) is 3.46. The molecule has 1 atom stereocenters. The standard InChI is InChI=1S/C13H13NO3/c15-11(8-5-6-8)7-13(17)9-3-1-2-4-10(9)14-12(13)16/h1-4,8,17H,5-7H2,(H,14,16). The fourth-order valence-corrected chi connectivity index (χ4v) is 2.28. The Labute approximate surface area is 98.6 Å². The van der Waals surface area contributed by atoms with Crippen LogP contribution in [0.5, 0.6) is 0 Å². The first-order valence-corrected chi connectivity index (χ1v) is 5.77. The Morgan fingerprint density at radius 1 is 1.41 bits per heavy atom. The average molecular weight is 231 g/mol. The molecule has 2 aliphatic rings. The molecule has 1 saturated carbocycles. The van der Waals surface area contributed by atoms with Gasteiger partial charge in [0.15, 0.2) is 5.60 Å². The fourth-order valence-electron chi connectivity index (χ4n) is 2.28. The number of carbonyl (C=O) groups excluding carboxylic acids is 2. The van der Waals surface area contributed by atoms with Gasteiger partial charge in [0.05, 0.1) is 0 Å². The molecular formula is C13H13NO3. The van der Waals surface area contributed by atoms with E-state index in [1.165, 1.54) is 0 Å². The Kier molecular flexibility index (Phi) is 2.10. The molecule has 1 aromatic rings. The van der Waals surface area contributed by atoms with Crippen LogP contribution in [0.2, 0.25) is 0 Å². The molecule has 1 amide bonds. The molecule has 0 radical (unpaired) electrons. The third-order valence-corrected chi connectivity index (χ3v) is 3.46. The average Bonchev–Trinajstić information content (AvgIpc) is 3.10. The predicted octanol–water partition coefficient (Wildman–Crippen LogP) is 1.20. The zero-order chi connectivity index (χ0) is 12.0. The zero-order valence-electron chi connectivity index (χ0n) is 9.27. The lowest BCUT2D eigenvalue weighted by Crippen LogP contribution is -2.36. The van der Waals surface area contributed by atoms with Gasteiger partial charge in [0.1, 0.15) is 5.78 Å². The van der Waals surface area contributed by atoms with Crippen LogP contribution in [-0.2, 0) is 15.2 Å². The second-order valence-corrected chi connectivity index (χ2v) is 4.78. The SMILES string of the molecule is O=C(CC1(O)C(=O)Nc2ccccc21)C1CC1. The van der Waals surface area contributed by atoms with E-state index in [1.807, 2.05) is 0 Å². The second kappa shape index (κ2) is 3.40. The van der Waals surface area contributed by atoms with Gasteiger partial charge in [-0.05, 0) is 18.9 Å². The number of anilines is 1. The molecule has 0 saturated heterocycles. The summed E-state index contributed by atoms with van der Waals surface area (Å²) in [6.45, 7) is 0. The largest absolute Gasteiger partial charge is 0.375 e. The molecule has 88 valence electrons. The Morgan fingerprint density at radius 2 is 2.12 bits per heavy atom. The van der Waals surface area contributed by atoms with Crippen LogP contribution in [0.3, 0.4) is 0 Å². The lowest BCUT2D eigenvalue weighted by Gasteiger charge is -2.19. The predicted molar refractivity (Wildman–Crippen MR) is 61.3 cm³/mol. The molecule has 0 aromatic heterocycles. The number of hydrogen-bond donors (Lipinski definition) is 2. The number of nitrogens with one attached hydrogen (secondary N) is 1. The Hall–Kier alpha value is -1.68. The molecule has 1 heterocycles. The molecule has 1 unspecified atom stereocenters. The topological polar surface area (TPSA) is 66.4 Å². The number of hydrogen-bond acceptors (Lipinski definition) is 3. The van der Waals surface area contributed by atoms with E-state index in [1.54, 1.807) is 24.3 Å². The fraction of sp³-hybridized carbons (Fsp3) is 0.385. The lowest BCUT2D eigenvalue weighted by atomic mass is 9.89. The van der Waals surface area contributed by atoms with Crippen molar-refractivity contribution in [2.45, 2.75) is 24.9 Å². The van der Waals surface area contributed by atoms with E-state index in [0.717, 1.165) is 12.8 Å². The van der Waals surface area contributed by atoms with Gasteiger partial charge >= 0.3 is 0 Å². The van der Waals surface area contributed by atoms with Gasteiger partial charge < -0.3 is 10.4 Å². The maximum Gasteiger partial charge on any atom is 0.261 e. The molecule has 1 aliphatic carbocycles. The van der Waals surface area contributed by atoms with Gasteiger partial charge in [-0.25, -0.2) is 0 Å². The zero-order valence-corrected chi connectivity index (χ0v) is 9.27. The van der Waals surface area contributed by atoms with E-state index in [-0.39, 0.29) is 18.1 Å². The Balaban J connectivity index is 1.94. The highest BCUT2D eigenvalue weighted by Gasteiger charge is 2.48. The first-order chi connectivity index (χ1) is 8.11. The number of rotatable bonds is 3. The second-order valence-electron chi connectivity index (χ2n) is 4.78. The monoisotopic (exact) mass is 231 g/mol. The van der Waals surface area contributed by atoms with Crippen LogP contribution in [0.1, 0.15) is 24.8 Å². The van der Waals surface area contributed by atoms with Crippen LogP contribution in [0.4, 0.5) is 5.69 Å². The molecule has 4 nitrogen and oxygen atoms in total. The summed E-state index contributed by atoms with van der Waals surface area (Å²) in [7, 11) is 0. The number of aliphatic hydroxyl groups is 1. The van der Waals surface area contributed by atoms with E-state index in [9.17, 15) is 14.7 Å². The van der Waals surface area contributed by atoms with E-state index < -0.39 is 11.5 Å². The summed E-state index contributed by atoms with van der Waals surface area (Å²) in [6.07, 6.45) is 1.66. The summed E-state index contributed by atoms with van der Waals surface area (Å²) in [4.78, 5) is 23.6. The third kappa shape index (κ3) is 1.56. The van der Waals surface area contributed by atoms with Crippen molar-refractivity contribution in [3.05, 3.63) is 29.8 Å². The van der Waals surface area contributed by atoms with Crippen molar-refractivity contribution >= 4 is 17.4 Å². The van der Waals surface area contributed by atoms with Gasteiger partial charge in [0.2, 0.25) is 0 Å². The minimum atomic E-state index is -1.67. The van der Waals surface area contributed by atoms with Gasteiger partial charge in [0.25, 0.3) is 5.91 Å². The molecule has 1 aromatic carbocycles. The molecule has 1 fully saturated rings. The molecule has 4 heteroatoms. The van der Waals surface area contributed by atoms with Gasteiger partial charge in [-0.3, -0.25) is 9.59 Å². The minimum Gasteiger partial charge on any atom is -0.375 e. The molecule has 17 heavy (non-hydrogen) atoms. The van der Waals surface area contributed by atoms with Gasteiger partial charge in [-0.2, -0.15) is 0 Å². The summed E-state index contributed by atoms with van der Waals surface area (Å²) >= 11 is 0. The number of para-hydroxylation sites is 1. The van der Waals surface area contributed by atoms with Crippen LogP contribution in [-0.4, -0.2) is 16.8 Å². The van der Waals surface area contributed by atoms with Crippen molar-refractivity contribution < 1.29 is 14.7 Å². The van der Waals surface area contributed by atoms with Crippen LogP contribution in [0.25, 0.3) is 0 Å².